The Bertz CT molecular complexity index is 669. The molecule has 0 fully saturated rings. The zero-order valence-electron chi connectivity index (χ0n) is 10.6. The molecule has 0 unspecified atom stereocenters. The van der Waals surface area contributed by atoms with Crippen LogP contribution in [0.4, 0.5) is 4.39 Å². The van der Waals surface area contributed by atoms with Gasteiger partial charge in [-0.15, -0.1) is 0 Å². The van der Waals surface area contributed by atoms with Crippen molar-refractivity contribution >= 4 is 6.21 Å². The van der Waals surface area contributed by atoms with E-state index in [0.29, 0.717) is 17.5 Å². The molecule has 0 aliphatic carbocycles. The normalized spacial score (nSPS) is 9.95. The fraction of sp³-hybridized carbons (Fsp3) is 0.125. The third kappa shape index (κ3) is 2.86. The molecule has 0 bridgehead atoms. The van der Waals surface area contributed by atoms with Gasteiger partial charge in [-0.3, -0.25) is 0 Å². The Morgan fingerprint density at radius 3 is 2.53 bits per heavy atom. The van der Waals surface area contributed by atoms with Crippen LogP contribution in [0.15, 0.2) is 36.4 Å². The highest BCUT2D eigenvalue weighted by atomic mass is 19.1. The van der Waals surface area contributed by atoms with Gasteiger partial charge in [0.1, 0.15) is 5.82 Å². The summed E-state index contributed by atoms with van der Waals surface area (Å²) in [7, 11) is 0. The highest BCUT2D eigenvalue weighted by Crippen LogP contribution is 2.18. The summed E-state index contributed by atoms with van der Waals surface area (Å²) >= 11 is 0. The summed E-state index contributed by atoms with van der Waals surface area (Å²) in [6.07, 6.45) is 1.78. The Morgan fingerprint density at radius 1 is 1.21 bits per heavy atom. The Labute approximate surface area is 111 Å². The zero-order chi connectivity index (χ0) is 13.8. The van der Waals surface area contributed by atoms with E-state index in [1.54, 1.807) is 12.1 Å². The Kier molecular flexibility index (Phi) is 3.72. The SMILES string of the molecule is Cc1cc(C=N)ccc1Cc1ccc(C#N)cc1F. The van der Waals surface area contributed by atoms with E-state index in [1.165, 1.54) is 12.3 Å². The van der Waals surface area contributed by atoms with E-state index in [-0.39, 0.29) is 5.82 Å². The lowest BCUT2D eigenvalue weighted by atomic mass is 9.98. The molecule has 2 aromatic rings. The highest BCUT2D eigenvalue weighted by molar-refractivity contribution is 5.77. The second-order valence-electron chi connectivity index (χ2n) is 4.43. The summed E-state index contributed by atoms with van der Waals surface area (Å²) < 4.78 is 13.8. The number of hydrogen-bond donors (Lipinski definition) is 1. The molecule has 2 aromatic carbocycles. The third-order valence-electron chi connectivity index (χ3n) is 3.10. The molecule has 0 radical (unpaired) electrons. The van der Waals surface area contributed by atoms with E-state index < -0.39 is 0 Å². The molecule has 0 saturated carbocycles. The first kappa shape index (κ1) is 13.0. The molecule has 2 nitrogen and oxygen atoms in total. The van der Waals surface area contributed by atoms with Gasteiger partial charge in [0.2, 0.25) is 0 Å². The van der Waals surface area contributed by atoms with Gasteiger partial charge in [0.15, 0.2) is 0 Å². The molecule has 2 rings (SSSR count). The van der Waals surface area contributed by atoms with Gasteiger partial charge in [-0.05, 0) is 41.3 Å². The fourth-order valence-corrected chi connectivity index (χ4v) is 1.97. The molecule has 3 heteroatoms. The molecule has 0 heterocycles. The maximum Gasteiger partial charge on any atom is 0.128 e. The molecule has 0 amide bonds. The van der Waals surface area contributed by atoms with Crippen molar-refractivity contribution in [1.29, 1.82) is 10.7 Å². The van der Waals surface area contributed by atoms with Gasteiger partial charge in [0, 0.05) is 12.6 Å². The lowest BCUT2D eigenvalue weighted by Gasteiger charge is -2.08. The van der Waals surface area contributed by atoms with Crippen molar-refractivity contribution in [2.45, 2.75) is 13.3 Å². The number of rotatable bonds is 3. The van der Waals surface area contributed by atoms with Crippen molar-refractivity contribution in [3.05, 3.63) is 70.0 Å². The molecule has 0 aliphatic heterocycles. The number of nitriles is 1. The summed E-state index contributed by atoms with van der Waals surface area (Å²) in [5, 5.41) is 15.9. The number of nitrogens with zero attached hydrogens (tertiary/aromatic N) is 1. The van der Waals surface area contributed by atoms with E-state index in [9.17, 15) is 4.39 Å². The molecule has 0 aromatic heterocycles. The first-order valence-electron chi connectivity index (χ1n) is 5.92. The minimum Gasteiger partial charge on any atom is -0.308 e. The number of nitrogens with one attached hydrogen (secondary N) is 1. The van der Waals surface area contributed by atoms with Crippen LogP contribution >= 0.6 is 0 Å². The van der Waals surface area contributed by atoms with E-state index in [2.05, 4.69) is 0 Å². The van der Waals surface area contributed by atoms with Crippen LogP contribution < -0.4 is 0 Å². The van der Waals surface area contributed by atoms with Crippen LogP contribution in [0.5, 0.6) is 0 Å². The predicted molar refractivity (Wildman–Crippen MR) is 73.0 cm³/mol. The predicted octanol–water partition coefficient (Wildman–Crippen LogP) is 3.59. The quantitative estimate of drug-likeness (QED) is 0.834. The van der Waals surface area contributed by atoms with E-state index in [0.717, 1.165) is 16.7 Å². The number of aryl methyl sites for hydroxylation is 1. The fourth-order valence-electron chi connectivity index (χ4n) is 1.97. The minimum atomic E-state index is -0.352. The van der Waals surface area contributed by atoms with Crippen LogP contribution in [0.2, 0.25) is 0 Å². The van der Waals surface area contributed by atoms with Crippen LogP contribution in [-0.4, -0.2) is 6.21 Å². The van der Waals surface area contributed by atoms with Gasteiger partial charge < -0.3 is 5.41 Å². The van der Waals surface area contributed by atoms with E-state index in [1.807, 2.05) is 31.2 Å². The third-order valence-corrected chi connectivity index (χ3v) is 3.10. The Balaban J connectivity index is 2.31. The lowest BCUT2D eigenvalue weighted by molar-refractivity contribution is 0.613. The summed E-state index contributed by atoms with van der Waals surface area (Å²) in [6, 6.07) is 12.1. The molecule has 1 N–H and O–H groups in total. The summed E-state index contributed by atoms with van der Waals surface area (Å²) in [4.78, 5) is 0. The highest BCUT2D eigenvalue weighted by Gasteiger charge is 2.07. The largest absolute Gasteiger partial charge is 0.308 e. The topological polar surface area (TPSA) is 47.6 Å². The van der Waals surface area contributed by atoms with Crippen molar-refractivity contribution < 1.29 is 4.39 Å². The Morgan fingerprint density at radius 2 is 1.95 bits per heavy atom. The van der Waals surface area contributed by atoms with E-state index >= 15 is 0 Å². The van der Waals surface area contributed by atoms with E-state index in [4.69, 9.17) is 10.7 Å². The molecule has 0 saturated heterocycles. The lowest BCUT2D eigenvalue weighted by Crippen LogP contribution is -1.97. The Hall–Kier alpha value is -2.47. The van der Waals surface area contributed by atoms with Gasteiger partial charge in [-0.1, -0.05) is 24.3 Å². The van der Waals surface area contributed by atoms with Crippen molar-refractivity contribution in [1.82, 2.24) is 0 Å². The molecule has 0 spiro atoms. The monoisotopic (exact) mass is 252 g/mol. The number of benzene rings is 2. The molecule has 0 atom stereocenters. The van der Waals surface area contributed by atoms with Gasteiger partial charge in [0.05, 0.1) is 11.6 Å². The standard InChI is InChI=1S/C16H13FN2/c1-11-6-12(9-18)2-4-14(11)8-15-5-3-13(10-19)7-16(15)17/h2-7,9,18H,8H2,1H3. The van der Waals surface area contributed by atoms with Crippen molar-refractivity contribution in [3.63, 3.8) is 0 Å². The maximum atomic E-state index is 13.8. The first-order valence-corrected chi connectivity index (χ1v) is 5.92. The smallest absolute Gasteiger partial charge is 0.128 e. The van der Waals surface area contributed by atoms with Crippen LogP contribution in [0.1, 0.15) is 27.8 Å². The number of halogens is 1. The average Bonchev–Trinajstić information content (AvgIpc) is 2.42. The van der Waals surface area contributed by atoms with Crippen LogP contribution in [0, 0.1) is 29.5 Å². The van der Waals surface area contributed by atoms with Gasteiger partial charge in [0.25, 0.3) is 0 Å². The molecular weight excluding hydrogens is 239 g/mol. The minimum absolute atomic E-state index is 0.331. The van der Waals surface area contributed by atoms with Gasteiger partial charge >= 0.3 is 0 Å². The maximum absolute atomic E-state index is 13.8. The second-order valence-corrected chi connectivity index (χ2v) is 4.43. The molecule has 0 aliphatic rings. The summed E-state index contributed by atoms with van der Waals surface area (Å²) in [5.74, 6) is -0.352. The summed E-state index contributed by atoms with van der Waals surface area (Å²) in [6.45, 7) is 1.95. The molecular formula is C16H13FN2. The van der Waals surface area contributed by atoms with Crippen LogP contribution in [0.3, 0.4) is 0 Å². The zero-order valence-corrected chi connectivity index (χ0v) is 10.6. The summed E-state index contributed by atoms with van der Waals surface area (Å²) in [5.41, 5.74) is 3.79. The number of hydrogen-bond acceptors (Lipinski definition) is 2. The van der Waals surface area contributed by atoms with Gasteiger partial charge in [-0.2, -0.15) is 5.26 Å². The molecule has 19 heavy (non-hydrogen) atoms. The molecule has 94 valence electrons. The second kappa shape index (κ2) is 5.45. The van der Waals surface area contributed by atoms with Crippen molar-refractivity contribution in [2.75, 3.05) is 0 Å². The first-order chi connectivity index (χ1) is 9.13. The van der Waals surface area contributed by atoms with Crippen molar-refractivity contribution in [2.24, 2.45) is 0 Å². The van der Waals surface area contributed by atoms with Crippen LogP contribution in [-0.2, 0) is 6.42 Å². The van der Waals surface area contributed by atoms with Crippen molar-refractivity contribution in [3.8, 4) is 6.07 Å². The van der Waals surface area contributed by atoms with Crippen LogP contribution in [0.25, 0.3) is 0 Å². The average molecular weight is 252 g/mol. The van der Waals surface area contributed by atoms with Gasteiger partial charge in [-0.25, -0.2) is 4.39 Å².